The highest BCUT2D eigenvalue weighted by Gasteiger charge is 2.26. The number of anilines is 1. The van der Waals surface area contributed by atoms with E-state index in [1.165, 1.54) is 11.3 Å². The Morgan fingerprint density at radius 2 is 2.16 bits per heavy atom. The lowest BCUT2D eigenvalue weighted by Gasteiger charge is -2.24. The highest BCUT2D eigenvalue weighted by molar-refractivity contribution is 5.82. The summed E-state index contributed by atoms with van der Waals surface area (Å²) in [5.41, 5.74) is 2.55. The number of benzene rings is 1. The van der Waals surface area contributed by atoms with Crippen LogP contribution in [0.4, 0.5) is 5.69 Å². The largest absolute Gasteiger partial charge is 0.359 e. The minimum Gasteiger partial charge on any atom is -0.359 e. The van der Waals surface area contributed by atoms with Gasteiger partial charge in [0.25, 0.3) is 0 Å². The molecule has 0 saturated carbocycles. The van der Waals surface area contributed by atoms with Crippen LogP contribution in [0.5, 0.6) is 0 Å². The van der Waals surface area contributed by atoms with Crippen LogP contribution in [-0.2, 0) is 11.2 Å². The maximum Gasteiger partial charge on any atom is 0.239 e. The van der Waals surface area contributed by atoms with Crippen molar-refractivity contribution in [1.29, 1.82) is 0 Å². The average molecular weight is 261 g/mol. The molecule has 1 unspecified atom stereocenters. The Hall–Kier alpha value is -1.55. The second-order valence-electron chi connectivity index (χ2n) is 5.46. The van der Waals surface area contributed by atoms with Crippen LogP contribution in [0.3, 0.4) is 0 Å². The number of likely N-dealkylation sites (N-methyl/N-ethyl adjacent to an activating group) is 1. The molecule has 0 radical (unpaired) electrons. The van der Waals surface area contributed by atoms with Crippen LogP contribution in [0.25, 0.3) is 0 Å². The summed E-state index contributed by atoms with van der Waals surface area (Å²) < 4.78 is 0. The average Bonchev–Trinajstić information content (AvgIpc) is 2.66. The van der Waals surface area contributed by atoms with Gasteiger partial charge in [-0.15, -0.1) is 0 Å². The molecule has 104 valence electrons. The van der Waals surface area contributed by atoms with E-state index in [1.807, 2.05) is 20.2 Å². The van der Waals surface area contributed by atoms with Crippen LogP contribution in [0.15, 0.2) is 24.3 Å². The molecule has 0 bridgehead atoms. The minimum absolute atomic E-state index is 0.102. The zero-order valence-corrected chi connectivity index (χ0v) is 12.0. The van der Waals surface area contributed by atoms with E-state index < -0.39 is 0 Å². The van der Waals surface area contributed by atoms with Crippen molar-refractivity contribution in [3.8, 4) is 0 Å². The topological polar surface area (TPSA) is 35.6 Å². The summed E-state index contributed by atoms with van der Waals surface area (Å²) in [7, 11) is 4.01. The number of carbonyl (C=O) groups is 1. The van der Waals surface area contributed by atoms with Crippen LogP contribution in [0, 0.1) is 0 Å². The fourth-order valence-electron chi connectivity index (χ4n) is 2.50. The van der Waals surface area contributed by atoms with E-state index in [-0.39, 0.29) is 5.91 Å². The van der Waals surface area contributed by atoms with E-state index in [9.17, 15) is 4.79 Å². The molecule has 1 amide bonds. The molecule has 0 aliphatic carbocycles. The predicted molar refractivity (Wildman–Crippen MR) is 78.5 cm³/mol. The Bertz CT molecular complexity index is 445. The Morgan fingerprint density at radius 3 is 2.89 bits per heavy atom. The van der Waals surface area contributed by atoms with Crippen molar-refractivity contribution >= 4 is 11.6 Å². The molecule has 1 heterocycles. The first-order valence-electron chi connectivity index (χ1n) is 6.84. The number of hydrogen-bond donors (Lipinski definition) is 1. The fourth-order valence-corrected chi connectivity index (χ4v) is 2.50. The molecular weight excluding hydrogens is 238 g/mol. The smallest absolute Gasteiger partial charge is 0.239 e. The molecule has 1 atom stereocenters. The SMILES string of the molecule is CC1Cc2ccccc2N1CC(=O)NCCN(C)C. The predicted octanol–water partition coefficient (Wildman–Crippen LogP) is 1.12. The monoisotopic (exact) mass is 261 g/mol. The molecular formula is C15H23N3O. The van der Waals surface area contributed by atoms with Gasteiger partial charge < -0.3 is 15.1 Å². The second kappa shape index (κ2) is 6.06. The first kappa shape index (κ1) is 13.9. The highest BCUT2D eigenvalue weighted by atomic mass is 16.2. The standard InChI is InChI=1S/C15H23N3O/c1-12-10-13-6-4-5-7-14(13)18(12)11-15(19)16-8-9-17(2)3/h4-7,12H,8-11H2,1-3H3,(H,16,19). The number of para-hydroxylation sites is 1. The Labute approximate surface area is 115 Å². The molecule has 4 heteroatoms. The van der Waals surface area contributed by atoms with Crippen LogP contribution in [0.2, 0.25) is 0 Å². The second-order valence-corrected chi connectivity index (χ2v) is 5.46. The lowest BCUT2D eigenvalue weighted by Crippen LogP contribution is -2.41. The third kappa shape index (κ3) is 3.47. The van der Waals surface area contributed by atoms with Crippen molar-refractivity contribution in [2.45, 2.75) is 19.4 Å². The van der Waals surface area contributed by atoms with E-state index >= 15 is 0 Å². The van der Waals surface area contributed by atoms with Crippen molar-refractivity contribution in [3.63, 3.8) is 0 Å². The molecule has 1 aliphatic rings. The maximum absolute atomic E-state index is 12.0. The lowest BCUT2D eigenvalue weighted by molar-refractivity contribution is -0.119. The molecule has 0 spiro atoms. The summed E-state index contributed by atoms with van der Waals surface area (Å²) in [6.45, 7) is 4.20. The van der Waals surface area contributed by atoms with Crippen molar-refractivity contribution in [2.24, 2.45) is 0 Å². The van der Waals surface area contributed by atoms with Crippen molar-refractivity contribution < 1.29 is 4.79 Å². The molecule has 4 nitrogen and oxygen atoms in total. The number of rotatable bonds is 5. The minimum atomic E-state index is 0.102. The third-order valence-electron chi connectivity index (χ3n) is 3.54. The molecule has 0 saturated heterocycles. The zero-order valence-electron chi connectivity index (χ0n) is 12.0. The molecule has 0 aromatic heterocycles. The van der Waals surface area contributed by atoms with Crippen molar-refractivity contribution in [3.05, 3.63) is 29.8 Å². The highest BCUT2D eigenvalue weighted by Crippen LogP contribution is 2.31. The van der Waals surface area contributed by atoms with Gasteiger partial charge in [0.05, 0.1) is 6.54 Å². The summed E-state index contributed by atoms with van der Waals surface area (Å²) in [6, 6.07) is 8.75. The molecule has 1 aliphatic heterocycles. The van der Waals surface area contributed by atoms with Gasteiger partial charge in [-0.05, 0) is 39.1 Å². The summed E-state index contributed by atoms with van der Waals surface area (Å²) in [5.74, 6) is 0.102. The fraction of sp³-hybridized carbons (Fsp3) is 0.533. The number of fused-ring (bicyclic) bond motifs is 1. The molecule has 1 N–H and O–H groups in total. The lowest BCUT2D eigenvalue weighted by atomic mass is 10.1. The summed E-state index contributed by atoms with van der Waals surface area (Å²) >= 11 is 0. The van der Waals surface area contributed by atoms with Gasteiger partial charge in [-0.25, -0.2) is 0 Å². The van der Waals surface area contributed by atoms with E-state index in [2.05, 4.69) is 40.2 Å². The van der Waals surface area contributed by atoms with Crippen molar-refractivity contribution in [1.82, 2.24) is 10.2 Å². The first-order chi connectivity index (χ1) is 9.08. The van der Waals surface area contributed by atoms with Gasteiger partial charge in [0.2, 0.25) is 5.91 Å². The van der Waals surface area contributed by atoms with Gasteiger partial charge in [-0.3, -0.25) is 4.79 Å². The van der Waals surface area contributed by atoms with Crippen LogP contribution in [0.1, 0.15) is 12.5 Å². The quantitative estimate of drug-likeness (QED) is 0.862. The van der Waals surface area contributed by atoms with Crippen LogP contribution >= 0.6 is 0 Å². The van der Waals surface area contributed by atoms with Gasteiger partial charge in [0, 0.05) is 24.8 Å². The van der Waals surface area contributed by atoms with E-state index in [1.54, 1.807) is 0 Å². The van der Waals surface area contributed by atoms with Crippen LogP contribution in [-0.4, -0.2) is 50.6 Å². The van der Waals surface area contributed by atoms with Gasteiger partial charge >= 0.3 is 0 Å². The molecule has 1 aromatic carbocycles. The molecule has 19 heavy (non-hydrogen) atoms. The zero-order chi connectivity index (χ0) is 13.8. The molecule has 0 fully saturated rings. The number of nitrogens with one attached hydrogen (secondary N) is 1. The maximum atomic E-state index is 12.0. The Balaban J connectivity index is 1.90. The van der Waals surface area contributed by atoms with Gasteiger partial charge in [0.15, 0.2) is 0 Å². The van der Waals surface area contributed by atoms with Crippen molar-refractivity contribution in [2.75, 3.05) is 38.6 Å². The molecule has 2 rings (SSSR count). The Morgan fingerprint density at radius 1 is 1.42 bits per heavy atom. The summed E-state index contributed by atoms with van der Waals surface area (Å²) in [5, 5.41) is 2.97. The molecule has 1 aromatic rings. The first-order valence-corrected chi connectivity index (χ1v) is 6.84. The number of carbonyl (C=O) groups excluding carboxylic acids is 1. The summed E-state index contributed by atoms with van der Waals surface area (Å²) in [4.78, 5) is 16.2. The third-order valence-corrected chi connectivity index (χ3v) is 3.54. The normalized spacial score (nSPS) is 17.7. The van der Waals surface area contributed by atoms with Gasteiger partial charge in [-0.1, -0.05) is 18.2 Å². The number of hydrogen-bond acceptors (Lipinski definition) is 3. The number of amides is 1. The van der Waals surface area contributed by atoms with Gasteiger partial charge in [-0.2, -0.15) is 0 Å². The van der Waals surface area contributed by atoms with Crippen LogP contribution < -0.4 is 10.2 Å². The Kier molecular flexibility index (Phi) is 4.43. The van der Waals surface area contributed by atoms with E-state index in [4.69, 9.17) is 0 Å². The summed E-state index contributed by atoms with van der Waals surface area (Å²) in [6.07, 6.45) is 1.03. The number of nitrogens with zero attached hydrogens (tertiary/aromatic N) is 2. The van der Waals surface area contributed by atoms with E-state index in [0.29, 0.717) is 19.1 Å². The van der Waals surface area contributed by atoms with Gasteiger partial charge in [0.1, 0.15) is 0 Å². The van der Waals surface area contributed by atoms with E-state index in [0.717, 1.165) is 13.0 Å².